The van der Waals surface area contributed by atoms with E-state index in [0.717, 1.165) is 24.5 Å². The van der Waals surface area contributed by atoms with Crippen LogP contribution in [0.4, 0.5) is 5.69 Å². The average Bonchev–Trinajstić information content (AvgIpc) is 2.73. The van der Waals surface area contributed by atoms with Crippen molar-refractivity contribution in [2.24, 2.45) is 0 Å². The van der Waals surface area contributed by atoms with E-state index in [1.54, 1.807) is 6.33 Å². The molecule has 0 aliphatic rings. The molecule has 2 rings (SSSR count). The lowest BCUT2D eigenvalue weighted by atomic mass is 10.1. The minimum Gasteiger partial charge on any atom is -0.378 e. The predicted molar refractivity (Wildman–Crippen MR) is 73.6 cm³/mol. The largest absolute Gasteiger partial charge is 0.378 e. The van der Waals surface area contributed by atoms with Crippen molar-refractivity contribution < 1.29 is 0 Å². The van der Waals surface area contributed by atoms with E-state index in [-0.39, 0.29) is 0 Å². The molecule has 1 aromatic heterocycles. The summed E-state index contributed by atoms with van der Waals surface area (Å²) in [6.45, 7) is 7.99. The molecule has 4 nitrogen and oxygen atoms in total. The molecule has 0 aliphatic heterocycles. The summed E-state index contributed by atoms with van der Waals surface area (Å²) in [5.74, 6) is 0.982. The summed E-state index contributed by atoms with van der Waals surface area (Å²) in [6, 6.07) is 6.46. The molecular weight excluding hydrogens is 224 g/mol. The van der Waals surface area contributed by atoms with E-state index in [9.17, 15) is 0 Å². The van der Waals surface area contributed by atoms with E-state index >= 15 is 0 Å². The lowest BCUT2D eigenvalue weighted by Gasteiger charge is -2.09. The minimum absolute atomic E-state index is 0.711. The Hall–Kier alpha value is -1.84. The Morgan fingerprint density at radius 3 is 2.56 bits per heavy atom. The second-order valence-corrected chi connectivity index (χ2v) is 4.63. The summed E-state index contributed by atoms with van der Waals surface area (Å²) in [4.78, 5) is 4.28. The summed E-state index contributed by atoms with van der Waals surface area (Å²) in [6.07, 6.45) is 2.69. The fourth-order valence-corrected chi connectivity index (χ4v) is 2.08. The summed E-state index contributed by atoms with van der Waals surface area (Å²) in [7, 11) is 0. The van der Waals surface area contributed by atoms with Crippen molar-refractivity contribution in [3.8, 4) is 0 Å². The first-order valence-electron chi connectivity index (χ1n) is 6.38. The number of aromatic nitrogens is 3. The van der Waals surface area contributed by atoms with Crippen LogP contribution in [0.1, 0.15) is 30.3 Å². The molecule has 0 radical (unpaired) electrons. The number of hydrogen-bond donors (Lipinski definition) is 1. The summed E-state index contributed by atoms with van der Waals surface area (Å²) in [5, 5.41) is 7.62. The van der Waals surface area contributed by atoms with Crippen LogP contribution in [0, 0.1) is 13.8 Å². The van der Waals surface area contributed by atoms with Crippen LogP contribution in [0.15, 0.2) is 24.5 Å². The molecule has 1 N–H and O–H groups in total. The molecule has 1 aromatic carbocycles. The van der Waals surface area contributed by atoms with Gasteiger partial charge in [0.1, 0.15) is 12.2 Å². The maximum Gasteiger partial charge on any atom is 0.146 e. The Morgan fingerprint density at radius 2 is 1.89 bits per heavy atom. The van der Waals surface area contributed by atoms with Crippen LogP contribution in [-0.4, -0.2) is 14.8 Å². The van der Waals surface area contributed by atoms with E-state index in [4.69, 9.17) is 0 Å². The van der Waals surface area contributed by atoms with E-state index in [2.05, 4.69) is 54.4 Å². The molecule has 18 heavy (non-hydrogen) atoms. The highest BCUT2D eigenvalue weighted by atomic mass is 15.3. The third-order valence-corrected chi connectivity index (χ3v) is 2.80. The van der Waals surface area contributed by atoms with Gasteiger partial charge in [-0.05, 0) is 43.5 Å². The normalized spacial score (nSPS) is 10.6. The van der Waals surface area contributed by atoms with Crippen molar-refractivity contribution in [3.05, 3.63) is 41.5 Å². The molecule has 0 saturated heterocycles. The average molecular weight is 244 g/mol. The van der Waals surface area contributed by atoms with Crippen molar-refractivity contribution in [1.82, 2.24) is 14.8 Å². The maximum atomic E-state index is 4.28. The van der Waals surface area contributed by atoms with Crippen LogP contribution < -0.4 is 5.32 Å². The van der Waals surface area contributed by atoms with Gasteiger partial charge in [-0.1, -0.05) is 13.0 Å². The second kappa shape index (κ2) is 5.67. The van der Waals surface area contributed by atoms with Crippen molar-refractivity contribution >= 4 is 5.69 Å². The minimum atomic E-state index is 0.711. The Labute approximate surface area is 108 Å². The molecular formula is C14H20N4. The molecule has 2 aromatic rings. The van der Waals surface area contributed by atoms with Crippen LogP contribution in [-0.2, 0) is 13.1 Å². The van der Waals surface area contributed by atoms with Crippen molar-refractivity contribution in [2.45, 2.75) is 40.3 Å². The standard InChI is InChI=1S/C14H20N4/c1-4-5-18-14(16-10-17-18)9-15-13-7-11(2)6-12(3)8-13/h6-8,10,15H,4-5,9H2,1-3H3. The van der Waals surface area contributed by atoms with Gasteiger partial charge in [-0.2, -0.15) is 5.10 Å². The van der Waals surface area contributed by atoms with Crippen LogP contribution in [0.5, 0.6) is 0 Å². The van der Waals surface area contributed by atoms with Crippen LogP contribution in [0.3, 0.4) is 0 Å². The van der Waals surface area contributed by atoms with E-state index < -0.39 is 0 Å². The molecule has 4 heteroatoms. The van der Waals surface area contributed by atoms with Gasteiger partial charge in [0.05, 0.1) is 6.54 Å². The predicted octanol–water partition coefficient (Wildman–Crippen LogP) is 2.92. The van der Waals surface area contributed by atoms with Gasteiger partial charge in [-0.15, -0.1) is 0 Å². The number of hydrogen-bond acceptors (Lipinski definition) is 3. The van der Waals surface area contributed by atoms with E-state index in [0.29, 0.717) is 6.54 Å². The number of rotatable bonds is 5. The zero-order valence-corrected chi connectivity index (χ0v) is 11.3. The second-order valence-electron chi connectivity index (χ2n) is 4.63. The Balaban J connectivity index is 2.04. The molecule has 0 unspecified atom stereocenters. The van der Waals surface area contributed by atoms with Gasteiger partial charge in [0.2, 0.25) is 0 Å². The molecule has 0 bridgehead atoms. The van der Waals surface area contributed by atoms with E-state index in [1.807, 2.05) is 4.68 Å². The van der Waals surface area contributed by atoms with E-state index in [1.165, 1.54) is 11.1 Å². The first-order chi connectivity index (χ1) is 8.69. The number of nitrogens with zero attached hydrogens (tertiary/aromatic N) is 3. The van der Waals surface area contributed by atoms with Gasteiger partial charge in [0.25, 0.3) is 0 Å². The summed E-state index contributed by atoms with van der Waals surface area (Å²) < 4.78 is 1.95. The fourth-order valence-electron chi connectivity index (χ4n) is 2.08. The van der Waals surface area contributed by atoms with Crippen molar-refractivity contribution in [3.63, 3.8) is 0 Å². The highest BCUT2D eigenvalue weighted by Gasteiger charge is 2.03. The van der Waals surface area contributed by atoms with Crippen molar-refractivity contribution in [2.75, 3.05) is 5.32 Å². The van der Waals surface area contributed by atoms with Gasteiger partial charge >= 0.3 is 0 Å². The summed E-state index contributed by atoms with van der Waals surface area (Å²) >= 11 is 0. The molecule has 1 heterocycles. The number of benzene rings is 1. The number of anilines is 1. The van der Waals surface area contributed by atoms with Crippen LogP contribution in [0.25, 0.3) is 0 Å². The summed E-state index contributed by atoms with van der Waals surface area (Å²) in [5.41, 5.74) is 3.68. The monoisotopic (exact) mass is 244 g/mol. The zero-order chi connectivity index (χ0) is 13.0. The van der Waals surface area contributed by atoms with Gasteiger partial charge in [-0.25, -0.2) is 9.67 Å². The van der Waals surface area contributed by atoms with Gasteiger partial charge < -0.3 is 5.32 Å². The molecule has 0 saturated carbocycles. The zero-order valence-electron chi connectivity index (χ0n) is 11.3. The molecule has 0 fully saturated rings. The molecule has 96 valence electrons. The van der Waals surface area contributed by atoms with Crippen molar-refractivity contribution in [1.29, 1.82) is 0 Å². The molecule has 0 atom stereocenters. The van der Waals surface area contributed by atoms with Crippen LogP contribution >= 0.6 is 0 Å². The Kier molecular flexibility index (Phi) is 3.97. The topological polar surface area (TPSA) is 42.7 Å². The first kappa shape index (κ1) is 12.6. The Morgan fingerprint density at radius 1 is 1.17 bits per heavy atom. The quantitative estimate of drug-likeness (QED) is 0.879. The van der Waals surface area contributed by atoms with Gasteiger partial charge in [-0.3, -0.25) is 0 Å². The van der Waals surface area contributed by atoms with Gasteiger partial charge in [0, 0.05) is 12.2 Å². The number of aryl methyl sites for hydroxylation is 3. The molecule has 0 amide bonds. The van der Waals surface area contributed by atoms with Gasteiger partial charge in [0.15, 0.2) is 0 Å². The lowest BCUT2D eigenvalue weighted by molar-refractivity contribution is 0.574. The third-order valence-electron chi connectivity index (χ3n) is 2.80. The van der Waals surface area contributed by atoms with Crippen LogP contribution in [0.2, 0.25) is 0 Å². The highest BCUT2D eigenvalue weighted by Crippen LogP contribution is 2.14. The first-order valence-corrected chi connectivity index (χ1v) is 6.38. The smallest absolute Gasteiger partial charge is 0.146 e. The SMILES string of the molecule is CCCn1ncnc1CNc1cc(C)cc(C)c1. The number of nitrogens with one attached hydrogen (secondary N) is 1. The maximum absolute atomic E-state index is 4.28. The molecule has 0 aliphatic carbocycles. The molecule has 0 spiro atoms. The Bertz CT molecular complexity index is 496. The third kappa shape index (κ3) is 3.09. The highest BCUT2D eigenvalue weighted by molar-refractivity contribution is 5.48. The lowest BCUT2D eigenvalue weighted by Crippen LogP contribution is -2.10. The fraction of sp³-hybridized carbons (Fsp3) is 0.429.